The van der Waals surface area contributed by atoms with E-state index in [1.54, 1.807) is 0 Å². The molecule has 0 radical (unpaired) electrons. The summed E-state index contributed by atoms with van der Waals surface area (Å²) in [5, 5.41) is 7.03. The molecule has 0 bridgehead atoms. The van der Waals surface area contributed by atoms with Gasteiger partial charge in [-0.05, 0) is 51.0 Å². The average Bonchev–Trinajstić information content (AvgIpc) is 3.46. The molecule has 138 valence electrons. The van der Waals surface area contributed by atoms with E-state index in [9.17, 15) is 0 Å². The summed E-state index contributed by atoms with van der Waals surface area (Å²) in [6.07, 6.45) is 12.3. The van der Waals surface area contributed by atoms with Crippen LogP contribution in [0.25, 0.3) is 0 Å². The summed E-state index contributed by atoms with van der Waals surface area (Å²) in [5.74, 6) is 1.77. The van der Waals surface area contributed by atoms with Gasteiger partial charge in [0.25, 0.3) is 0 Å². The molecule has 2 aliphatic carbocycles. The van der Waals surface area contributed by atoms with Gasteiger partial charge >= 0.3 is 0 Å². The maximum Gasteiger partial charge on any atom is 0.191 e. The van der Waals surface area contributed by atoms with Crippen molar-refractivity contribution < 1.29 is 4.74 Å². The van der Waals surface area contributed by atoms with E-state index in [0.29, 0.717) is 6.04 Å². The molecule has 0 aromatic heterocycles. The SMILES string of the molecule is CN=C(NCCOCC1CC1)NC1CCCN(C2CCCCC2)C1. The highest BCUT2D eigenvalue weighted by atomic mass is 16.5. The zero-order chi connectivity index (χ0) is 16.6. The number of rotatable bonds is 7. The molecule has 5 heteroatoms. The topological polar surface area (TPSA) is 48.9 Å². The lowest BCUT2D eigenvalue weighted by molar-refractivity contribution is 0.114. The molecule has 1 heterocycles. The number of guanidine groups is 1. The molecule has 2 N–H and O–H groups in total. The van der Waals surface area contributed by atoms with Crippen LogP contribution >= 0.6 is 0 Å². The number of piperidine rings is 1. The van der Waals surface area contributed by atoms with Gasteiger partial charge < -0.3 is 15.4 Å². The molecular weight excluding hydrogens is 300 g/mol. The third-order valence-electron chi connectivity index (χ3n) is 5.70. The standard InChI is InChI=1S/C19H36N4O/c1-20-19(21-11-13-24-15-16-9-10-16)22-17-6-5-12-23(14-17)18-7-3-2-4-8-18/h16-18H,2-15H2,1H3,(H2,20,21,22). The number of hydrogen-bond donors (Lipinski definition) is 2. The van der Waals surface area contributed by atoms with E-state index in [0.717, 1.165) is 37.7 Å². The molecule has 3 aliphatic rings. The fourth-order valence-electron chi connectivity index (χ4n) is 4.07. The molecule has 1 saturated heterocycles. The quantitative estimate of drug-likeness (QED) is 0.426. The van der Waals surface area contributed by atoms with Gasteiger partial charge in [0.15, 0.2) is 5.96 Å². The summed E-state index contributed by atoms with van der Waals surface area (Å²) in [6.45, 7) is 5.00. The molecule has 1 unspecified atom stereocenters. The van der Waals surface area contributed by atoms with Crippen LogP contribution in [0.15, 0.2) is 4.99 Å². The maximum absolute atomic E-state index is 5.69. The predicted molar refractivity (Wildman–Crippen MR) is 99.5 cm³/mol. The van der Waals surface area contributed by atoms with Crippen molar-refractivity contribution in [1.82, 2.24) is 15.5 Å². The predicted octanol–water partition coefficient (Wildman–Crippen LogP) is 2.38. The Labute approximate surface area is 147 Å². The Morgan fingerprint density at radius 3 is 2.67 bits per heavy atom. The number of aliphatic imine (C=N–C) groups is 1. The second kappa shape index (κ2) is 9.62. The fourth-order valence-corrected chi connectivity index (χ4v) is 4.07. The van der Waals surface area contributed by atoms with Gasteiger partial charge in [0, 0.05) is 38.8 Å². The first kappa shape index (κ1) is 18.0. The van der Waals surface area contributed by atoms with Crippen LogP contribution in [0.5, 0.6) is 0 Å². The first-order valence-corrected chi connectivity index (χ1v) is 10.1. The van der Waals surface area contributed by atoms with Crippen LogP contribution in [-0.2, 0) is 4.74 Å². The van der Waals surface area contributed by atoms with E-state index in [1.807, 2.05) is 7.05 Å². The van der Waals surface area contributed by atoms with Crippen molar-refractivity contribution in [2.24, 2.45) is 10.9 Å². The summed E-state index contributed by atoms with van der Waals surface area (Å²) >= 11 is 0. The molecule has 24 heavy (non-hydrogen) atoms. The van der Waals surface area contributed by atoms with Crippen molar-refractivity contribution in [1.29, 1.82) is 0 Å². The van der Waals surface area contributed by atoms with Gasteiger partial charge in [-0.3, -0.25) is 9.89 Å². The first-order chi connectivity index (χ1) is 11.8. The summed E-state index contributed by atoms with van der Waals surface area (Å²) in [5.41, 5.74) is 0. The number of ether oxygens (including phenoxy) is 1. The Morgan fingerprint density at radius 2 is 1.92 bits per heavy atom. The summed E-state index contributed by atoms with van der Waals surface area (Å²) < 4.78 is 5.69. The Balaban J connectivity index is 1.34. The molecule has 0 aromatic carbocycles. The van der Waals surface area contributed by atoms with Crippen molar-refractivity contribution in [2.75, 3.05) is 39.9 Å². The fraction of sp³-hybridized carbons (Fsp3) is 0.947. The molecule has 0 aromatic rings. The van der Waals surface area contributed by atoms with Crippen molar-refractivity contribution in [3.05, 3.63) is 0 Å². The normalized spacial score (nSPS) is 27.2. The van der Waals surface area contributed by atoms with Crippen LogP contribution in [0.4, 0.5) is 0 Å². The Kier molecular flexibility index (Phi) is 7.21. The highest BCUT2D eigenvalue weighted by Gasteiger charge is 2.27. The molecule has 1 atom stereocenters. The van der Waals surface area contributed by atoms with Gasteiger partial charge in [0.2, 0.25) is 0 Å². The summed E-state index contributed by atoms with van der Waals surface area (Å²) in [4.78, 5) is 7.11. The zero-order valence-electron chi connectivity index (χ0n) is 15.4. The molecule has 1 aliphatic heterocycles. The summed E-state index contributed by atoms with van der Waals surface area (Å²) in [6, 6.07) is 1.36. The Morgan fingerprint density at radius 1 is 1.08 bits per heavy atom. The van der Waals surface area contributed by atoms with Crippen molar-refractivity contribution in [2.45, 2.75) is 69.9 Å². The van der Waals surface area contributed by atoms with Crippen LogP contribution in [0.3, 0.4) is 0 Å². The van der Waals surface area contributed by atoms with Crippen LogP contribution in [0, 0.1) is 5.92 Å². The average molecular weight is 337 g/mol. The second-order valence-corrected chi connectivity index (χ2v) is 7.79. The largest absolute Gasteiger partial charge is 0.379 e. The Hall–Kier alpha value is -0.810. The van der Waals surface area contributed by atoms with Gasteiger partial charge in [-0.1, -0.05) is 19.3 Å². The van der Waals surface area contributed by atoms with Crippen molar-refractivity contribution in [3.8, 4) is 0 Å². The van der Waals surface area contributed by atoms with Gasteiger partial charge in [-0.25, -0.2) is 0 Å². The smallest absolute Gasteiger partial charge is 0.191 e. The number of likely N-dealkylation sites (tertiary alicyclic amines) is 1. The van der Waals surface area contributed by atoms with Gasteiger partial charge in [-0.15, -0.1) is 0 Å². The maximum atomic E-state index is 5.69. The van der Waals surface area contributed by atoms with E-state index in [2.05, 4.69) is 20.5 Å². The van der Waals surface area contributed by atoms with Gasteiger partial charge in [-0.2, -0.15) is 0 Å². The minimum atomic E-state index is 0.527. The third kappa shape index (κ3) is 5.92. The lowest BCUT2D eigenvalue weighted by Crippen LogP contribution is -2.53. The highest BCUT2D eigenvalue weighted by molar-refractivity contribution is 5.79. The lowest BCUT2D eigenvalue weighted by Gasteiger charge is -2.40. The van der Waals surface area contributed by atoms with E-state index >= 15 is 0 Å². The first-order valence-electron chi connectivity index (χ1n) is 10.1. The molecule has 5 nitrogen and oxygen atoms in total. The molecular formula is C19H36N4O. The van der Waals surface area contributed by atoms with Gasteiger partial charge in [0.1, 0.15) is 0 Å². The van der Waals surface area contributed by atoms with Gasteiger partial charge in [0.05, 0.1) is 6.61 Å². The Bertz CT molecular complexity index is 391. The molecule has 2 saturated carbocycles. The lowest BCUT2D eigenvalue weighted by atomic mass is 9.92. The van der Waals surface area contributed by atoms with Crippen molar-refractivity contribution in [3.63, 3.8) is 0 Å². The summed E-state index contributed by atoms with van der Waals surface area (Å²) in [7, 11) is 1.86. The molecule has 0 amide bonds. The monoisotopic (exact) mass is 336 g/mol. The van der Waals surface area contributed by atoms with Crippen molar-refractivity contribution >= 4 is 5.96 Å². The molecule has 0 spiro atoms. The molecule has 3 rings (SSSR count). The van der Waals surface area contributed by atoms with E-state index < -0.39 is 0 Å². The third-order valence-corrected chi connectivity index (χ3v) is 5.70. The van der Waals surface area contributed by atoms with Crippen LogP contribution in [0.1, 0.15) is 57.8 Å². The minimum Gasteiger partial charge on any atom is -0.379 e. The number of nitrogens with zero attached hydrogens (tertiary/aromatic N) is 2. The van der Waals surface area contributed by atoms with Crippen LogP contribution < -0.4 is 10.6 Å². The number of nitrogens with one attached hydrogen (secondary N) is 2. The van der Waals surface area contributed by atoms with E-state index in [-0.39, 0.29) is 0 Å². The molecule has 3 fully saturated rings. The minimum absolute atomic E-state index is 0.527. The van der Waals surface area contributed by atoms with E-state index in [4.69, 9.17) is 4.74 Å². The zero-order valence-corrected chi connectivity index (χ0v) is 15.4. The number of hydrogen-bond acceptors (Lipinski definition) is 3. The van der Waals surface area contributed by atoms with E-state index in [1.165, 1.54) is 70.9 Å². The van der Waals surface area contributed by atoms with Crippen LogP contribution in [-0.4, -0.2) is 62.8 Å². The highest BCUT2D eigenvalue weighted by Crippen LogP contribution is 2.28. The second-order valence-electron chi connectivity index (χ2n) is 7.79. The van der Waals surface area contributed by atoms with Crippen LogP contribution in [0.2, 0.25) is 0 Å².